The monoisotopic (exact) mass is 140 g/mol. The zero-order valence-electron chi connectivity index (χ0n) is 6.80. The Balaban J connectivity index is 2.48. The third kappa shape index (κ3) is 1.39. The van der Waals surface area contributed by atoms with Gasteiger partial charge in [-0.1, -0.05) is 12.2 Å². The Kier molecular flexibility index (Phi) is 2.11. The van der Waals surface area contributed by atoms with Crippen LogP contribution in [0.1, 0.15) is 13.8 Å². The Hall–Kier alpha value is -0.340. The van der Waals surface area contributed by atoms with Crippen molar-refractivity contribution in [1.82, 2.24) is 4.90 Å². The van der Waals surface area contributed by atoms with E-state index < -0.39 is 0 Å². The van der Waals surface area contributed by atoms with E-state index >= 15 is 0 Å². The molecule has 0 aromatic carbocycles. The first kappa shape index (κ1) is 7.76. The van der Waals surface area contributed by atoms with Crippen LogP contribution in [0.5, 0.6) is 0 Å². The maximum absolute atomic E-state index is 5.62. The SMILES string of the molecule is CC(C)(CN)N1CC=CC1. The number of nitrogens with zero attached hydrogens (tertiary/aromatic N) is 1. The molecule has 2 nitrogen and oxygen atoms in total. The highest BCUT2D eigenvalue weighted by Gasteiger charge is 2.24. The summed E-state index contributed by atoms with van der Waals surface area (Å²) in [5, 5.41) is 0. The molecule has 1 aliphatic heterocycles. The van der Waals surface area contributed by atoms with E-state index in [4.69, 9.17) is 5.73 Å². The van der Waals surface area contributed by atoms with E-state index in [1.54, 1.807) is 0 Å². The molecule has 1 heterocycles. The molecule has 2 N–H and O–H groups in total. The van der Waals surface area contributed by atoms with E-state index in [-0.39, 0.29) is 5.54 Å². The lowest BCUT2D eigenvalue weighted by molar-refractivity contribution is 0.171. The average Bonchev–Trinajstić information content (AvgIpc) is 2.38. The van der Waals surface area contributed by atoms with Gasteiger partial charge in [-0.3, -0.25) is 4.90 Å². The summed E-state index contributed by atoms with van der Waals surface area (Å²) in [6.07, 6.45) is 4.38. The second-order valence-electron chi connectivity index (χ2n) is 3.39. The number of rotatable bonds is 2. The number of nitrogens with two attached hydrogens (primary N) is 1. The van der Waals surface area contributed by atoms with Gasteiger partial charge in [-0.2, -0.15) is 0 Å². The van der Waals surface area contributed by atoms with Crippen LogP contribution in [0.2, 0.25) is 0 Å². The van der Waals surface area contributed by atoms with Gasteiger partial charge in [0.15, 0.2) is 0 Å². The van der Waals surface area contributed by atoms with Crippen LogP contribution in [-0.4, -0.2) is 30.1 Å². The molecule has 0 fully saturated rings. The molecule has 1 aliphatic rings. The van der Waals surface area contributed by atoms with Gasteiger partial charge in [-0.25, -0.2) is 0 Å². The van der Waals surface area contributed by atoms with Crippen molar-refractivity contribution in [2.24, 2.45) is 5.73 Å². The lowest BCUT2D eigenvalue weighted by Crippen LogP contribution is -2.47. The van der Waals surface area contributed by atoms with Crippen LogP contribution in [0.15, 0.2) is 12.2 Å². The second-order valence-corrected chi connectivity index (χ2v) is 3.39. The fourth-order valence-electron chi connectivity index (χ4n) is 1.10. The minimum atomic E-state index is 0.170. The molecule has 2 heteroatoms. The van der Waals surface area contributed by atoms with Gasteiger partial charge >= 0.3 is 0 Å². The highest BCUT2D eigenvalue weighted by Crippen LogP contribution is 2.15. The molecule has 0 saturated heterocycles. The van der Waals surface area contributed by atoms with Crippen LogP contribution in [0.25, 0.3) is 0 Å². The molecule has 58 valence electrons. The van der Waals surface area contributed by atoms with E-state index in [0.717, 1.165) is 19.6 Å². The topological polar surface area (TPSA) is 29.3 Å². The first-order chi connectivity index (χ1) is 4.67. The van der Waals surface area contributed by atoms with E-state index in [1.165, 1.54) is 0 Å². The Morgan fingerprint density at radius 3 is 2.30 bits per heavy atom. The summed E-state index contributed by atoms with van der Waals surface area (Å²) >= 11 is 0. The minimum Gasteiger partial charge on any atom is -0.329 e. The van der Waals surface area contributed by atoms with Crippen molar-refractivity contribution in [2.75, 3.05) is 19.6 Å². The molecule has 0 aliphatic carbocycles. The Morgan fingerprint density at radius 2 is 1.90 bits per heavy atom. The Labute approximate surface area is 62.7 Å². The van der Waals surface area contributed by atoms with Gasteiger partial charge in [0.1, 0.15) is 0 Å². The van der Waals surface area contributed by atoms with Gasteiger partial charge in [-0.05, 0) is 13.8 Å². The van der Waals surface area contributed by atoms with E-state index in [2.05, 4.69) is 30.9 Å². The first-order valence-corrected chi connectivity index (χ1v) is 3.77. The smallest absolute Gasteiger partial charge is 0.0282 e. The third-order valence-electron chi connectivity index (χ3n) is 2.17. The predicted molar refractivity (Wildman–Crippen MR) is 43.8 cm³/mol. The molecular formula is C8H16N2. The van der Waals surface area contributed by atoms with Crippen molar-refractivity contribution in [1.29, 1.82) is 0 Å². The van der Waals surface area contributed by atoms with Gasteiger partial charge < -0.3 is 5.73 Å². The molecule has 1 rings (SSSR count). The van der Waals surface area contributed by atoms with Crippen LogP contribution in [0.3, 0.4) is 0 Å². The largest absolute Gasteiger partial charge is 0.329 e. The van der Waals surface area contributed by atoms with Gasteiger partial charge in [0.25, 0.3) is 0 Å². The molecule has 0 saturated carbocycles. The quantitative estimate of drug-likeness (QED) is 0.569. The van der Waals surface area contributed by atoms with E-state index in [0.29, 0.717) is 0 Å². The summed E-state index contributed by atoms with van der Waals surface area (Å²) in [4.78, 5) is 2.37. The second kappa shape index (κ2) is 2.72. The van der Waals surface area contributed by atoms with Crippen LogP contribution in [0.4, 0.5) is 0 Å². The van der Waals surface area contributed by atoms with Crippen molar-refractivity contribution >= 4 is 0 Å². The lowest BCUT2D eigenvalue weighted by Gasteiger charge is -2.33. The summed E-state index contributed by atoms with van der Waals surface area (Å²) < 4.78 is 0. The molecule has 0 aromatic heterocycles. The molecule has 0 unspecified atom stereocenters. The van der Waals surface area contributed by atoms with Gasteiger partial charge in [0.2, 0.25) is 0 Å². The Morgan fingerprint density at radius 1 is 1.40 bits per heavy atom. The highest BCUT2D eigenvalue weighted by atomic mass is 15.2. The fraction of sp³-hybridized carbons (Fsp3) is 0.750. The van der Waals surface area contributed by atoms with Crippen molar-refractivity contribution < 1.29 is 0 Å². The first-order valence-electron chi connectivity index (χ1n) is 3.77. The van der Waals surface area contributed by atoms with Gasteiger partial charge in [0, 0.05) is 25.2 Å². The van der Waals surface area contributed by atoms with E-state index in [1.807, 2.05) is 0 Å². The Bertz CT molecular complexity index is 130. The van der Waals surface area contributed by atoms with Crippen molar-refractivity contribution in [3.8, 4) is 0 Å². The zero-order chi connectivity index (χ0) is 7.61. The van der Waals surface area contributed by atoms with Crippen molar-refractivity contribution in [3.63, 3.8) is 0 Å². The molecule has 10 heavy (non-hydrogen) atoms. The predicted octanol–water partition coefficient (Wildman–Crippen LogP) is 0.596. The zero-order valence-corrected chi connectivity index (χ0v) is 6.80. The maximum atomic E-state index is 5.62. The highest BCUT2D eigenvalue weighted by molar-refractivity contribution is 5.00. The van der Waals surface area contributed by atoms with Crippen molar-refractivity contribution in [3.05, 3.63) is 12.2 Å². The fourth-order valence-corrected chi connectivity index (χ4v) is 1.10. The standard InChI is InChI=1S/C8H16N2/c1-8(2,7-9)10-5-3-4-6-10/h3-4H,5-7,9H2,1-2H3. The third-order valence-corrected chi connectivity index (χ3v) is 2.17. The number of hydrogen-bond donors (Lipinski definition) is 1. The molecule has 0 aromatic rings. The average molecular weight is 140 g/mol. The summed E-state index contributed by atoms with van der Waals surface area (Å²) in [6.45, 7) is 7.21. The summed E-state index contributed by atoms with van der Waals surface area (Å²) in [5.74, 6) is 0. The minimum absolute atomic E-state index is 0.170. The summed E-state index contributed by atoms with van der Waals surface area (Å²) in [5.41, 5.74) is 5.79. The molecule has 0 spiro atoms. The molecule has 0 atom stereocenters. The molecule has 0 bridgehead atoms. The molecule has 0 radical (unpaired) electrons. The molecule has 0 amide bonds. The summed E-state index contributed by atoms with van der Waals surface area (Å²) in [6, 6.07) is 0. The van der Waals surface area contributed by atoms with E-state index in [9.17, 15) is 0 Å². The van der Waals surface area contributed by atoms with Crippen LogP contribution in [0, 0.1) is 0 Å². The van der Waals surface area contributed by atoms with Crippen LogP contribution < -0.4 is 5.73 Å². The van der Waals surface area contributed by atoms with Crippen LogP contribution in [-0.2, 0) is 0 Å². The normalized spacial score (nSPS) is 20.3. The summed E-state index contributed by atoms with van der Waals surface area (Å²) in [7, 11) is 0. The van der Waals surface area contributed by atoms with Gasteiger partial charge in [0.05, 0.1) is 0 Å². The maximum Gasteiger partial charge on any atom is 0.0282 e. The van der Waals surface area contributed by atoms with Crippen LogP contribution >= 0.6 is 0 Å². The van der Waals surface area contributed by atoms with Gasteiger partial charge in [-0.15, -0.1) is 0 Å². The number of hydrogen-bond acceptors (Lipinski definition) is 2. The lowest BCUT2D eigenvalue weighted by atomic mass is 10.0. The van der Waals surface area contributed by atoms with Crippen molar-refractivity contribution in [2.45, 2.75) is 19.4 Å². The molecular weight excluding hydrogens is 124 g/mol.